The zero-order chi connectivity index (χ0) is 28.3. The quantitative estimate of drug-likeness (QED) is 0.157. The number of hydroxylamine groups is 2. The van der Waals surface area contributed by atoms with Crippen LogP contribution in [-0.4, -0.2) is 62.3 Å². The number of amides is 1. The normalized spacial score (nSPS) is 11.5. The molecule has 0 fully saturated rings. The molecule has 4 rings (SSSR count). The molecule has 0 unspecified atom stereocenters. The highest BCUT2D eigenvalue weighted by atomic mass is 79.9. The fourth-order valence-corrected chi connectivity index (χ4v) is 4.44. The Labute approximate surface area is 233 Å². The molecule has 9 nitrogen and oxygen atoms in total. The fourth-order valence-electron chi connectivity index (χ4n) is 4.29. The molecule has 3 aromatic carbocycles. The first-order valence-electron chi connectivity index (χ1n) is 12.0. The van der Waals surface area contributed by atoms with Crippen molar-refractivity contribution in [3.05, 3.63) is 94.5 Å². The summed E-state index contributed by atoms with van der Waals surface area (Å²) in [5.74, 6) is -2.28. The molecule has 1 aromatic heterocycles. The lowest BCUT2D eigenvalue weighted by Crippen LogP contribution is -2.27. The zero-order valence-electron chi connectivity index (χ0n) is 21.5. The minimum absolute atomic E-state index is 0.0255. The standard InChI is InChI=1S/C29H26BrN3O6/c1-17-15-23-24(16-22(17)29(37)38)33(18(2)34)28(36)25(23)26(19-7-5-4-6-8-19)31-21-11-9-20(10-12-21)27(35)32(3)39-14-13-30/h4-12,15-16,36H,13-14H2,1-3H3,(H,37,38). The molecule has 0 bridgehead atoms. The Morgan fingerprint density at radius 3 is 2.28 bits per heavy atom. The number of alkyl halides is 1. The van der Waals surface area contributed by atoms with Crippen LogP contribution in [0.2, 0.25) is 0 Å². The monoisotopic (exact) mass is 591 g/mol. The van der Waals surface area contributed by atoms with Gasteiger partial charge in [-0.3, -0.25) is 19.0 Å². The first kappa shape index (κ1) is 27.7. The number of hydrogen-bond donors (Lipinski definition) is 2. The van der Waals surface area contributed by atoms with Crippen molar-refractivity contribution >= 4 is 56.0 Å². The lowest BCUT2D eigenvalue weighted by Gasteiger charge is -2.16. The Morgan fingerprint density at radius 2 is 1.69 bits per heavy atom. The highest BCUT2D eigenvalue weighted by Gasteiger charge is 2.26. The summed E-state index contributed by atoms with van der Waals surface area (Å²) in [6.07, 6.45) is 0. The van der Waals surface area contributed by atoms with Gasteiger partial charge in [-0.2, -0.15) is 0 Å². The predicted molar refractivity (Wildman–Crippen MR) is 152 cm³/mol. The molecule has 1 heterocycles. The van der Waals surface area contributed by atoms with E-state index in [4.69, 9.17) is 9.83 Å². The van der Waals surface area contributed by atoms with Gasteiger partial charge in [-0.25, -0.2) is 14.9 Å². The van der Waals surface area contributed by atoms with Crippen molar-refractivity contribution in [2.24, 2.45) is 4.99 Å². The van der Waals surface area contributed by atoms with E-state index in [1.807, 2.05) is 30.3 Å². The van der Waals surface area contributed by atoms with Crippen LogP contribution in [0.4, 0.5) is 5.69 Å². The van der Waals surface area contributed by atoms with E-state index in [0.717, 1.165) is 9.63 Å². The number of rotatable bonds is 8. The number of aromatic carboxylic acids is 1. The Kier molecular flexibility index (Phi) is 8.27. The van der Waals surface area contributed by atoms with Crippen molar-refractivity contribution in [2.45, 2.75) is 13.8 Å². The number of benzene rings is 3. The van der Waals surface area contributed by atoms with Crippen LogP contribution in [0.5, 0.6) is 5.88 Å². The number of aliphatic imine (C=N–C) groups is 1. The third kappa shape index (κ3) is 5.62. The molecule has 200 valence electrons. The first-order chi connectivity index (χ1) is 18.6. The molecular weight excluding hydrogens is 566 g/mol. The minimum Gasteiger partial charge on any atom is -0.494 e. The van der Waals surface area contributed by atoms with E-state index in [9.17, 15) is 24.6 Å². The summed E-state index contributed by atoms with van der Waals surface area (Å²) in [4.78, 5) is 47.1. The lowest BCUT2D eigenvalue weighted by molar-refractivity contribution is -0.0986. The third-order valence-electron chi connectivity index (χ3n) is 6.12. The van der Waals surface area contributed by atoms with E-state index >= 15 is 0 Å². The van der Waals surface area contributed by atoms with Crippen molar-refractivity contribution in [1.29, 1.82) is 0 Å². The van der Waals surface area contributed by atoms with Crippen LogP contribution in [0, 0.1) is 6.92 Å². The topological polar surface area (TPSA) is 121 Å². The lowest BCUT2D eigenvalue weighted by atomic mass is 9.98. The second-order valence-electron chi connectivity index (χ2n) is 8.74. The highest BCUT2D eigenvalue weighted by Crippen LogP contribution is 2.36. The first-order valence-corrected chi connectivity index (χ1v) is 13.1. The Morgan fingerprint density at radius 1 is 1.03 bits per heavy atom. The second-order valence-corrected chi connectivity index (χ2v) is 9.53. The molecule has 1 amide bonds. The maximum Gasteiger partial charge on any atom is 0.336 e. The zero-order valence-corrected chi connectivity index (χ0v) is 23.1. The Bertz CT molecular complexity index is 1590. The molecule has 10 heteroatoms. The molecule has 39 heavy (non-hydrogen) atoms. The summed E-state index contributed by atoms with van der Waals surface area (Å²) in [6, 6.07) is 18.7. The van der Waals surface area contributed by atoms with Gasteiger partial charge in [-0.15, -0.1) is 0 Å². The van der Waals surface area contributed by atoms with Crippen molar-refractivity contribution < 1.29 is 29.4 Å². The van der Waals surface area contributed by atoms with Crippen LogP contribution in [-0.2, 0) is 4.84 Å². The van der Waals surface area contributed by atoms with Crippen molar-refractivity contribution in [3.8, 4) is 5.88 Å². The number of hydrogen-bond acceptors (Lipinski definition) is 6. The number of fused-ring (bicyclic) bond motifs is 1. The van der Waals surface area contributed by atoms with Gasteiger partial charge < -0.3 is 10.2 Å². The number of aromatic nitrogens is 1. The molecule has 0 aliphatic heterocycles. The van der Waals surface area contributed by atoms with Gasteiger partial charge in [0.15, 0.2) is 0 Å². The smallest absolute Gasteiger partial charge is 0.336 e. The summed E-state index contributed by atoms with van der Waals surface area (Å²) in [7, 11) is 1.54. The fraction of sp³-hybridized carbons (Fsp3) is 0.172. The average Bonchev–Trinajstić information content (AvgIpc) is 3.20. The molecule has 0 radical (unpaired) electrons. The Hall–Kier alpha value is -4.28. The summed E-state index contributed by atoms with van der Waals surface area (Å²) in [6.45, 7) is 3.29. The van der Waals surface area contributed by atoms with Gasteiger partial charge in [0.2, 0.25) is 11.8 Å². The maximum atomic E-state index is 12.6. The number of aromatic hydroxyl groups is 1. The van der Waals surface area contributed by atoms with Gasteiger partial charge in [0.1, 0.15) is 0 Å². The van der Waals surface area contributed by atoms with E-state index in [-0.39, 0.29) is 28.4 Å². The number of halogens is 1. The van der Waals surface area contributed by atoms with Crippen molar-refractivity contribution in [1.82, 2.24) is 9.63 Å². The molecule has 0 atom stereocenters. The van der Waals surface area contributed by atoms with Crippen LogP contribution < -0.4 is 0 Å². The van der Waals surface area contributed by atoms with Gasteiger partial charge >= 0.3 is 5.97 Å². The van der Waals surface area contributed by atoms with Gasteiger partial charge in [-0.1, -0.05) is 46.3 Å². The van der Waals surface area contributed by atoms with Crippen molar-refractivity contribution in [2.75, 3.05) is 19.0 Å². The van der Waals surface area contributed by atoms with E-state index in [0.29, 0.717) is 45.4 Å². The number of nitrogens with zero attached hydrogens (tertiary/aromatic N) is 3. The molecule has 0 spiro atoms. The van der Waals surface area contributed by atoms with Crippen LogP contribution in [0.25, 0.3) is 10.9 Å². The van der Waals surface area contributed by atoms with Gasteiger partial charge in [-0.05, 0) is 48.9 Å². The number of carboxylic acid groups (broad SMARTS) is 1. The molecule has 0 saturated heterocycles. The summed E-state index contributed by atoms with van der Waals surface area (Å²) >= 11 is 3.26. The van der Waals surface area contributed by atoms with E-state index in [1.54, 1.807) is 37.3 Å². The van der Waals surface area contributed by atoms with Crippen LogP contribution in [0.15, 0.2) is 71.7 Å². The van der Waals surface area contributed by atoms with Gasteiger partial charge in [0, 0.05) is 35.8 Å². The SMILES string of the molecule is CC(=O)n1c(O)c(C(=Nc2ccc(C(=O)N(C)OCCBr)cc2)c2ccccc2)c2cc(C)c(C(=O)O)cc21. The molecule has 0 saturated carbocycles. The molecule has 4 aromatic rings. The number of aryl methyl sites for hydroxylation is 1. The molecule has 2 N–H and O–H groups in total. The Balaban J connectivity index is 1.90. The van der Waals surface area contributed by atoms with E-state index in [1.165, 1.54) is 20.0 Å². The molecular formula is C29H26BrN3O6. The predicted octanol–water partition coefficient (Wildman–Crippen LogP) is 5.58. The third-order valence-corrected chi connectivity index (χ3v) is 6.44. The van der Waals surface area contributed by atoms with Crippen LogP contribution in [0.3, 0.4) is 0 Å². The van der Waals surface area contributed by atoms with Gasteiger partial charge in [0.25, 0.3) is 5.91 Å². The maximum absolute atomic E-state index is 12.6. The number of carboxylic acids is 1. The van der Waals surface area contributed by atoms with Crippen LogP contribution in [0.1, 0.15) is 49.1 Å². The molecule has 0 aliphatic carbocycles. The van der Waals surface area contributed by atoms with E-state index < -0.39 is 11.9 Å². The highest BCUT2D eigenvalue weighted by molar-refractivity contribution is 9.09. The largest absolute Gasteiger partial charge is 0.494 e. The summed E-state index contributed by atoms with van der Waals surface area (Å²) in [5.41, 5.74) is 2.98. The second kappa shape index (κ2) is 11.6. The number of carbonyl (C=O) groups is 3. The van der Waals surface area contributed by atoms with Crippen LogP contribution >= 0.6 is 15.9 Å². The minimum atomic E-state index is -1.14. The average molecular weight is 592 g/mol. The summed E-state index contributed by atoms with van der Waals surface area (Å²) in [5, 5.41) is 23.2. The van der Waals surface area contributed by atoms with Gasteiger partial charge in [0.05, 0.1) is 34.6 Å². The van der Waals surface area contributed by atoms with E-state index in [2.05, 4.69) is 15.9 Å². The molecule has 0 aliphatic rings. The number of carbonyl (C=O) groups excluding carboxylic acids is 2. The van der Waals surface area contributed by atoms with Crippen molar-refractivity contribution in [3.63, 3.8) is 0 Å². The summed E-state index contributed by atoms with van der Waals surface area (Å²) < 4.78 is 1.08.